The first kappa shape index (κ1) is 13.1. The molecule has 0 aromatic carbocycles. The zero-order valence-electron chi connectivity index (χ0n) is 12.6. The number of H-pyrrole nitrogens is 1. The second-order valence-electron chi connectivity index (χ2n) is 6.79. The molecule has 1 saturated carbocycles. The van der Waals surface area contributed by atoms with Crippen LogP contribution in [0.4, 0.5) is 5.82 Å². The molecule has 0 radical (unpaired) electrons. The Bertz CT molecular complexity index is 711. The summed E-state index contributed by atoms with van der Waals surface area (Å²) in [6.45, 7) is 11.9. The molecule has 0 unspecified atom stereocenters. The van der Waals surface area contributed by atoms with E-state index in [0.717, 1.165) is 12.4 Å². The highest BCUT2D eigenvalue weighted by Gasteiger charge is 2.64. The van der Waals surface area contributed by atoms with Crippen LogP contribution in [-0.4, -0.2) is 26.1 Å². The fraction of sp³-hybridized carbons (Fsp3) is 0.643. The second kappa shape index (κ2) is 3.84. The molecule has 1 aliphatic carbocycles. The van der Waals surface area contributed by atoms with Crippen molar-refractivity contribution in [3.8, 4) is 0 Å². The SMILES string of the molecule is Cc1nc(NCC2C(C)(C)C2(C)C)cc2n[nH]c(=O)n12. The molecule has 0 atom stereocenters. The van der Waals surface area contributed by atoms with E-state index in [9.17, 15) is 4.79 Å². The van der Waals surface area contributed by atoms with Crippen molar-refractivity contribution in [2.24, 2.45) is 16.7 Å². The predicted octanol–water partition coefficient (Wildman–Crippen LogP) is 1.82. The standard InChI is InChI=1S/C14H21N5O/c1-8-16-10(6-11-17-18-12(20)19(8)11)15-7-9-13(2,3)14(9,4)5/h6,9,15H,7H2,1-5H3,(H,18,20). The second-order valence-corrected chi connectivity index (χ2v) is 6.79. The third-order valence-electron chi connectivity index (χ3n) is 5.38. The first-order chi connectivity index (χ1) is 9.25. The average Bonchev–Trinajstić information content (AvgIpc) is 2.63. The lowest BCUT2D eigenvalue weighted by molar-refractivity contribution is 0.457. The predicted molar refractivity (Wildman–Crippen MR) is 77.9 cm³/mol. The summed E-state index contributed by atoms with van der Waals surface area (Å²) in [7, 11) is 0. The number of aromatic amines is 1. The fourth-order valence-electron chi connectivity index (χ4n) is 3.24. The summed E-state index contributed by atoms with van der Waals surface area (Å²) in [6, 6.07) is 1.80. The minimum Gasteiger partial charge on any atom is -0.370 e. The minimum atomic E-state index is -0.249. The number of fused-ring (bicyclic) bond motifs is 1. The van der Waals surface area contributed by atoms with Crippen LogP contribution in [0.5, 0.6) is 0 Å². The lowest BCUT2D eigenvalue weighted by Gasteiger charge is -2.08. The summed E-state index contributed by atoms with van der Waals surface area (Å²) < 4.78 is 1.47. The molecule has 2 aromatic rings. The summed E-state index contributed by atoms with van der Waals surface area (Å²) in [4.78, 5) is 16.0. The van der Waals surface area contributed by atoms with Crippen LogP contribution in [0.3, 0.4) is 0 Å². The quantitative estimate of drug-likeness (QED) is 0.896. The maximum Gasteiger partial charge on any atom is 0.349 e. The van der Waals surface area contributed by atoms with Crippen LogP contribution in [-0.2, 0) is 0 Å². The smallest absolute Gasteiger partial charge is 0.349 e. The first-order valence-corrected chi connectivity index (χ1v) is 6.94. The van der Waals surface area contributed by atoms with Crippen molar-refractivity contribution in [2.75, 3.05) is 11.9 Å². The first-order valence-electron chi connectivity index (χ1n) is 6.94. The Morgan fingerprint density at radius 3 is 2.60 bits per heavy atom. The summed E-state index contributed by atoms with van der Waals surface area (Å²) >= 11 is 0. The Labute approximate surface area is 117 Å². The Morgan fingerprint density at radius 1 is 1.35 bits per heavy atom. The monoisotopic (exact) mass is 275 g/mol. The van der Waals surface area contributed by atoms with Crippen molar-refractivity contribution in [2.45, 2.75) is 34.6 Å². The van der Waals surface area contributed by atoms with Gasteiger partial charge in [0.1, 0.15) is 11.6 Å². The van der Waals surface area contributed by atoms with Gasteiger partial charge >= 0.3 is 5.69 Å². The van der Waals surface area contributed by atoms with Gasteiger partial charge in [-0.15, -0.1) is 0 Å². The number of hydrogen-bond donors (Lipinski definition) is 2. The number of nitrogens with zero attached hydrogens (tertiary/aromatic N) is 3. The molecule has 0 aliphatic heterocycles. The summed E-state index contributed by atoms with van der Waals surface area (Å²) in [5.74, 6) is 2.03. The Morgan fingerprint density at radius 2 is 2.00 bits per heavy atom. The molecule has 2 aromatic heterocycles. The van der Waals surface area contributed by atoms with Gasteiger partial charge in [-0.2, -0.15) is 5.10 Å². The fourth-order valence-corrected chi connectivity index (χ4v) is 3.24. The van der Waals surface area contributed by atoms with Crippen LogP contribution in [0.25, 0.3) is 5.65 Å². The van der Waals surface area contributed by atoms with Crippen LogP contribution in [0.2, 0.25) is 0 Å². The Balaban J connectivity index is 1.81. The third kappa shape index (κ3) is 1.67. The highest BCUT2D eigenvalue weighted by Crippen LogP contribution is 2.68. The van der Waals surface area contributed by atoms with E-state index in [1.54, 1.807) is 13.0 Å². The van der Waals surface area contributed by atoms with Gasteiger partial charge in [0.15, 0.2) is 5.65 Å². The third-order valence-corrected chi connectivity index (χ3v) is 5.38. The molecular weight excluding hydrogens is 254 g/mol. The van der Waals surface area contributed by atoms with E-state index in [1.165, 1.54) is 4.40 Å². The molecule has 0 spiro atoms. The van der Waals surface area contributed by atoms with E-state index in [4.69, 9.17) is 0 Å². The van der Waals surface area contributed by atoms with E-state index >= 15 is 0 Å². The highest BCUT2D eigenvalue weighted by atomic mass is 16.1. The molecule has 108 valence electrons. The molecule has 0 saturated heterocycles. The maximum absolute atomic E-state index is 11.5. The number of nitrogens with one attached hydrogen (secondary N) is 2. The normalized spacial score (nSPS) is 20.2. The molecule has 1 aliphatic rings. The van der Waals surface area contributed by atoms with Crippen molar-refractivity contribution in [3.05, 3.63) is 22.4 Å². The Kier molecular flexibility index (Phi) is 2.52. The largest absolute Gasteiger partial charge is 0.370 e. The molecule has 0 amide bonds. The van der Waals surface area contributed by atoms with E-state index in [0.29, 0.717) is 28.2 Å². The summed E-state index contributed by atoms with van der Waals surface area (Å²) in [5, 5.41) is 9.80. The van der Waals surface area contributed by atoms with Crippen LogP contribution < -0.4 is 11.0 Å². The van der Waals surface area contributed by atoms with Gasteiger partial charge in [-0.05, 0) is 23.7 Å². The molecule has 20 heavy (non-hydrogen) atoms. The van der Waals surface area contributed by atoms with Gasteiger partial charge in [0, 0.05) is 12.6 Å². The highest BCUT2D eigenvalue weighted by molar-refractivity contribution is 5.49. The number of anilines is 1. The summed E-state index contributed by atoms with van der Waals surface area (Å²) in [6.07, 6.45) is 0. The number of aromatic nitrogens is 4. The van der Waals surface area contributed by atoms with Gasteiger partial charge in [-0.25, -0.2) is 19.3 Å². The van der Waals surface area contributed by atoms with Crippen LogP contribution >= 0.6 is 0 Å². The van der Waals surface area contributed by atoms with Crippen LogP contribution in [0, 0.1) is 23.7 Å². The van der Waals surface area contributed by atoms with Crippen molar-refractivity contribution >= 4 is 11.5 Å². The topological polar surface area (TPSA) is 75.1 Å². The van der Waals surface area contributed by atoms with Gasteiger partial charge in [0.25, 0.3) is 0 Å². The molecule has 6 heteroatoms. The zero-order chi connectivity index (χ0) is 14.7. The van der Waals surface area contributed by atoms with Gasteiger partial charge in [-0.1, -0.05) is 27.7 Å². The molecule has 2 heterocycles. The van der Waals surface area contributed by atoms with Crippen LogP contribution in [0.1, 0.15) is 33.5 Å². The van der Waals surface area contributed by atoms with Gasteiger partial charge in [-0.3, -0.25) is 0 Å². The van der Waals surface area contributed by atoms with Gasteiger partial charge < -0.3 is 5.32 Å². The lowest BCUT2D eigenvalue weighted by Crippen LogP contribution is -2.15. The van der Waals surface area contributed by atoms with E-state index in [2.05, 4.69) is 48.2 Å². The number of rotatable bonds is 3. The molecule has 2 N–H and O–H groups in total. The van der Waals surface area contributed by atoms with E-state index < -0.39 is 0 Å². The van der Waals surface area contributed by atoms with Crippen molar-refractivity contribution in [1.82, 2.24) is 19.6 Å². The molecule has 1 fully saturated rings. The lowest BCUT2D eigenvalue weighted by atomic mass is 10.0. The number of hydrogen-bond acceptors (Lipinski definition) is 4. The summed E-state index contributed by atoms with van der Waals surface area (Å²) in [5.41, 5.74) is 1.05. The molecule has 6 nitrogen and oxygen atoms in total. The van der Waals surface area contributed by atoms with E-state index in [-0.39, 0.29) is 5.69 Å². The molecule has 3 rings (SSSR count). The van der Waals surface area contributed by atoms with E-state index in [1.807, 2.05) is 0 Å². The molecular formula is C14H21N5O. The Hall–Kier alpha value is -1.85. The van der Waals surface area contributed by atoms with Gasteiger partial charge in [0.2, 0.25) is 0 Å². The molecule has 0 bridgehead atoms. The average molecular weight is 275 g/mol. The number of aryl methyl sites for hydroxylation is 1. The van der Waals surface area contributed by atoms with Gasteiger partial charge in [0.05, 0.1) is 0 Å². The van der Waals surface area contributed by atoms with Crippen molar-refractivity contribution in [1.29, 1.82) is 0 Å². The van der Waals surface area contributed by atoms with Crippen LogP contribution in [0.15, 0.2) is 10.9 Å². The van der Waals surface area contributed by atoms with Crippen molar-refractivity contribution in [3.63, 3.8) is 0 Å². The zero-order valence-corrected chi connectivity index (χ0v) is 12.6. The van der Waals surface area contributed by atoms with Crippen molar-refractivity contribution < 1.29 is 0 Å². The maximum atomic E-state index is 11.5. The minimum absolute atomic E-state index is 0.249.